The number of carbonyl (C=O) groups excluding carboxylic acids is 1. The second-order valence-corrected chi connectivity index (χ2v) is 9.70. The minimum atomic E-state index is -0.0288. The van der Waals surface area contributed by atoms with E-state index in [0.29, 0.717) is 35.1 Å². The Kier molecular flexibility index (Phi) is 7.01. The molecule has 1 aliphatic carbocycles. The number of amides is 1. The normalized spacial score (nSPS) is 17.2. The number of nitrogens with one attached hydrogen (secondary N) is 1. The van der Waals surface area contributed by atoms with Crippen LogP contribution in [0.2, 0.25) is 0 Å². The molecule has 0 unspecified atom stereocenters. The second-order valence-electron chi connectivity index (χ2n) is 9.70. The first-order valence-electron chi connectivity index (χ1n) is 12.7. The zero-order chi connectivity index (χ0) is 25.1. The molecule has 2 aromatic carbocycles. The van der Waals surface area contributed by atoms with E-state index in [4.69, 9.17) is 9.26 Å². The molecule has 5 rings (SSSR count). The van der Waals surface area contributed by atoms with Gasteiger partial charge in [0.25, 0.3) is 5.89 Å². The lowest BCUT2D eigenvalue weighted by atomic mass is 9.84. The molecule has 8 heteroatoms. The van der Waals surface area contributed by atoms with Gasteiger partial charge in [0.15, 0.2) is 0 Å². The first-order chi connectivity index (χ1) is 17.5. The van der Waals surface area contributed by atoms with Crippen LogP contribution in [0.3, 0.4) is 0 Å². The fraction of sp³-hybridized carbons (Fsp3) is 0.429. The standard InChI is InChI=1S/C28H31N5O3/c1-18(2)35-25-12-11-19(15-20(25)16-29)28-31-27(32-36-28)23-9-5-8-22-21(23)7-6-10-24(22)30-17-26(34)33-13-3-4-14-33/h5,8-9,11-12,15,18,24,30H,3-4,6-7,10,13-14,17H2,1-2H3/t24-/m1/s1. The molecule has 2 aliphatic rings. The Morgan fingerprint density at radius 2 is 2.08 bits per heavy atom. The van der Waals surface area contributed by atoms with E-state index in [2.05, 4.69) is 27.6 Å². The van der Waals surface area contributed by atoms with E-state index in [0.717, 1.165) is 50.8 Å². The summed E-state index contributed by atoms with van der Waals surface area (Å²) < 4.78 is 11.3. The number of nitriles is 1. The highest BCUT2D eigenvalue weighted by molar-refractivity contribution is 5.78. The van der Waals surface area contributed by atoms with Crippen LogP contribution >= 0.6 is 0 Å². The number of hydrogen-bond donors (Lipinski definition) is 1. The third kappa shape index (κ3) is 4.98. The molecule has 0 saturated carbocycles. The van der Waals surface area contributed by atoms with Crippen LogP contribution in [0.5, 0.6) is 5.75 Å². The number of fused-ring (bicyclic) bond motifs is 1. The summed E-state index contributed by atoms with van der Waals surface area (Å²) in [6, 6.07) is 13.8. The van der Waals surface area contributed by atoms with Gasteiger partial charge >= 0.3 is 0 Å². The second kappa shape index (κ2) is 10.5. The van der Waals surface area contributed by atoms with Gasteiger partial charge < -0.3 is 19.5 Å². The van der Waals surface area contributed by atoms with Gasteiger partial charge in [0.1, 0.15) is 11.8 Å². The Morgan fingerprint density at radius 1 is 1.25 bits per heavy atom. The molecule has 36 heavy (non-hydrogen) atoms. The summed E-state index contributed by atoms with van der Waals surface area (Å²) in [6.07, 6.45) is 5.10. The fourth-order valence-electron chi connectivity index (χ4n) is 5.12. The van der Waals surface area contributed by atoms with E-state index < -0.39 is 0 Å². The predicted molar refractivity (Wildman–Crippen MR) is 135 cm³/mol. The van der Waals surface area contributed by atoms with E-state index in [1.54, 1.807) is 12.1 Å². The molecule has 1 saturated heterocycles. The highest BCUT2D eigenvalue weighted by Crippen LogP contribution is 2.36. The lowest BCUT2D eigenvalue weighted by Crippen LogP contribution is -2.38. The van der Waals surface area contributed by atoms with Crippen LogP contribution in [0.25, 0.3) is 22.8 Å². The molecule has 8 nitrogen and oxygen atoms in total. The molecule has 1 atom stereocenters. The molecule has 1 N–H and O–H groups in total. The topological polar surface area (TPSA) is 104 Å². The van der Waals surface area contributed by atoms with Crippen LogP contribution in [-0.4, -0.2) is 46.7 Å². The van der Waals surface area contributed by atoms with E-state index in [-0.39, 0.29) is 18.1 Å². The van der Waals surface area contributed by atoms with Gasteiger partial charge in [0, 0.05) is 30.3 Å². The summed E-state index contributed by atoms with van der Waals surface area (Å²) in [5.41, 5.74) is 4.43. The van der Waals surface area contributed by atoms with Crippen molar-refractivity contribution in [2.24, 2.45) is 0 Å². The molecule has 2 heterocycles. The minimum absolute atomic E-state index is 0.0288. The highest BCUT2D eigenvalue weighted by atomic mass is 16.5. The van der Waals surface area contributed by atoms with Crippen molar-refractivity contribution >= 4 is 5.91 Å². The molecule has 3 aromatic rings. The third-order valence-electron chi connectivity index (χ3n) is 6.84. The fourth-order valence-corrected chi connectivity index (χ4v) is 5.12. The van der Waals surface area contributed by atoms with Crippen LogP contribution in [0.4, 0.5) is 0 Å². The number of rotatable bonds is 7. The van der Waals surface area contributed by atoms with Crippen LogP contribution in [0.15, 0.2) is 40.9 Å². The van der Waals surface area contributed by atoms with Gasteiger partial charge in [-0.1, -0.05) is 23.4 Å². The average molecular weight is 486 g/mol. The maximum Gasteiger partial charge on any atom is 0.258 e. The molecule has 1 amide bonds. The van der Waals surface area contributed by atoms with E-state index in [9.17, 15) is 10.1 Å². The molecular weight excluding hydrogens is 454 g/mol. The van der Waals surface area contributed by atoms with E-state index >= 15 is 0 Å². The van der Waals surface area contributed by atoms with Crippen molar-refractivity contribution in [1.29, 1.82) is 5.26 Å². The van der Waals surface area contributed by atoms with Gasteiger partial charge in [-0.15, -0.1) is 0 Å². The number of carbonyl (C=O) groups is 1. The number of nitrogens with zero attached hydrogens (tertiary/aromatic N) is 4. The Balaban J connectivity index is 1.37. The van der Waals surface area contributed by atoms with Gasteiger partial charge in [-0.2, -0.15) is 10.2 Å². The van der Waals surface area contributed by atoms with Crippen molar-refractivity contribution < 1.29 is 14.1 Å². The Labute approximate surface area is 211 Å². The van der Waals surface area contributed by atoms with Gasteiger partial charge in [0.2, 0.25) is 11.7 Å². The maximum atomic E-state index is 12.5. The number of aromatic nitrogens is 2. The summed E-state index contributed by atoms with van der Waals surface area (Å²) in [5, 5.41) is 17.3. The summed E-state index contributed by atoms with van der Waals surface area (Å²) in [7, 11) is 0. The molecule has 1 aliphatic heterocycles. The maximum absolute atomic E-state index is 12.5. The Morgan fingerprint density at radius 3 is 2.86 bits per heavy atom. The van der Waals surface area contributed by atoms with Crippen LogP contribution in [0.1, 0.15) is 62.3 Å². The van der Waals surface area contributed by atoms with Crippen LogP contribution < -0.4 is 10.1 Å². The summed E-state index contributed by atoms with van der Waals surface area (Å²) >= 11 is 0. The number of likely N-dealkylation sites (tertiary alicyclic amines) is 1. The number of hydrogen-bond acceptors (Lipinski definition) is 7. The molecular formula is C28H31N5O3. The van der Waals surface area contributed by atoms with Gasteiger partial charge in [-0.3, -0.25) is 4.79 Å². The molecule has 0 bridgehead atoms. The van der Waals surface area contributed by atoms with Crippen molar-refractivity contribution in [3.63, 3.8) is 0 Å². The van der Waals surface area contributed by atoms with Crippen molar-refractivity contribution in [3.05, 3.63) is 53.1 Å². The first-order valence-corrected chi connectivity index (χ1v) is 12.7. The average Bonchev–Trinajstić information content (AvgIpc) is 3.60. The molecule has 1 aromatic heterocycles. The number of benzene rings is 2. The van der Waals surface area contributed by atoms with Crippen molar-refractivity contribution in [3.8, 4) is 34.7 Å². The van der Waals surface area contributed by atoms with E-state index in [1.807, 2.05) is 36.9 Å². The van der Waals surface area contributed by atoms with Gasteiger partial charge in [-0.25, -0.2) is 0 Å². The molecule has 1 fully saturated rings. The third-order valence-corrected chi connectivity index (χ3v) is 6.84. The SMILES string of the molecule is CC(C)Oc1ccc(-c2nc(-c3cccc4c3CCC[C@H]4NCC(=O)N3CCCC3)no2)cc1C#N. The predicted octanol–water partition coefficient (Wildman–Crippen LogP) is 4.65. The quantitative estimate of drug-likeness (QED) is 0.519. The lowest BCUT2D eigenvalue weighted by molar-refractivity contribution is -0.129. The summed E-state index contributed by atoms with van der Waals surface area (Å²) in [4.78, 5) is 19.2. The summed E-state index contributed by atoms with van der Waals surface area (Å²) in [5.74, 6) is 1.60. The molecule has 186 valence electrons. The Hall–Kier alpha value is -3.70. The van der Waals surface area contributed by atoms with Crippen molar-refractivity contribution in [1.82, 2.24) is 20.4 Å². The zero-order valence-corrected chi connectivity index (χ0v) is 20.8. The van der Waals surface area contributed by atoms with Crippen LogP contribution in [0, 0.1) is 11.3 Å². The monoisotopic (exact) mass is 485 g/mol. The summed E-state index contributed by atoms with van der Waals surface area (Å²) in [6.45, 7) is 5.94. The van der Waals surface area contributed by atoms with Crippen molar-refractivity contribution in [2.45, 2.75) is 58.1 Å². The molecule has 0 radical (unpaired) electrons. The minimum Gasteiger partial charge on any atom is -0.490 e. The van der Waals surface area contributed by atoms with Crippen molar-refractivity contribution in [2.75, 3.05) is 19.6 Å². The highest BCUT2D eigenvalue weighted by Gasteiger charge is 2.26. The van der Waals surface area contributed by atoms with Gasteiger partial charge in [-0.05, 0) is 75.3 Å². The lowest BCUT2D eigenvalue weighted by Gasteiger charge is -2.28. The first kappa shape index (κ1) is 24.0. The van der Waals surface area contributed by atoms with Gasteiger partial charge in [0.05, 0.1) is 18.2 Å². The zero-order valence-electron chi connectivity index (χ0n) is 20.8. The largest absolute Gasteiger partial charge is 0.490 e. The Bertz CT molecular complexity index is 1290. The smallest absolute Gasteiger partial charge is 0.258 e. The number of ether oxygens (including phenoxy) is 1. The molecule has 0 spiro atoms. The van der Waals surface area contributed by atoms with E-state index in [1.165, 1.54) is 11.1 Å². The van der Waals surface area contributed by atoms with Crippen LogP contribution in [-0.2, 0) is 11.2 Å².